The molecule has 1 fully saturated rings. The number of rotatable bonds is 8. The van der Waals surface area contributed by atoms with Gasteiger partial charge in [-0.2, -0.15) is 0 Å². The van der Waals surface area contributed by atoms with Gasteiger partial charge < -0.3 is 10.2 Å². The second-order valence-corrected chi connectivity index (χ2v) is 7.19. The maximum Gasteiger partial charge on any atom is 0.0104 e. The molecule has 1 unspecified atom stereocenters. The Balaban J connectivity index is 1.99. The number of hydrogen-bond donors (Lipinski definition) is 1. The van der Waals surface area contributed by atoms with Crippen molar-refractivity contribution in [2.24, 2.45) is 11.3 Å². The summed E-state index contributed by atoms with van der Waals surface area (Å²) in [4.78, 5) is 2.47. The Morgan fingerprint density at radius 1 is 1.24 bits per heavy atom. The Bertz CT molecular complexity index is 203. The second-order valence-electron chi connectivity index (χ2n) is 7.19. The summed E-state index contributed by atoms with van der Waals surface area (Å²) in [6.45, 7) is 13.0. The van der Waals surface area contributed by atoms with Gasteiger partial charge in [-0.25, -0.2) is 0 Å². The second kappa shape index (κ2) is 6.75. The van der Waals surface area contributed by atoms with E-state index in [0.29, 0.717) is 5.41 Å². The zero-order valence-corrected chi connectivity index (χ0v) is 12.6. The molecule has 1 aliphatic carbocycles. The van der Waals surface area contributed by atoms with Crippen LogP contribution < -0.4 is 5.32 Å². The molecule has 0 aromatic rings. The van der Waals surface area contributed by atoms with Gasteiger partial charge >= 0.3 is 0 Å². The summed E-state index contributed by atoms with van der Waals surface area (Å²) in [7, 11) is 2.25. The van der Waals surface area contributed by atoms with E-state index in [4.69, 9.17) is 0 Å². The summed E-state index contributed by atoms with van der Waals surface area (Å²) in [5.74, 6) is 0.842. The van der Waals surface area contributed by atoms with Crippen molar-refractivity contribution in [3.63, 3.8) is 0 Å². The van der Waals surface area contributed by atoms with Crippen molar-refractivity contribution in [1.82, 2.24) is 10.2 Å². The van der Waals surface area contributed by atoms with Crippen molar-refractivity contribution < 1.29 is 0 Å². The molecule has 0 aromatic heterocycles. The topological polar surface area (TPSA) is 15.3 Å². The molecule has 1 aliphatic rings. The maximum atomic E-state index is 3.57. The number of nitrogens with zero attached hydrogens (tertiary/aromatic N) is 1. The summed E-state index contributed by atoms with van der Waals surface area (Å²) in [6.07, 6.45) is 5.46. The van der Waals surface area contributed by atoms with E-state index in [0.717, 1.165) is 18.5 Å². The van der Waals surface area contributed by atoms with Crippen molar-refractivity contribution in [1.29, 1.82) is 0 Å². The van der Waals surface area contributed by atoms with E-state index in [1.165, 1.54) is 38.8 Å². The molecular weight excluding hydrogens is 208 g/mol. The fraction of sp³-hybridized carbons (Fsp3) is 1.00. The van der Waals surface area contributed by atoms with Crippen molar-refractivity contribution in [3.05, 3.63) is 0 Å². The van der Waals surface area contributed by atoms with Crippen LogP contribution in [0.3, 0.4) is 0 Å². The van der Waals surface area contributed by atoms with Crippen molar-refractivity contribution in [2.45, 2.75) is 59.4 Å². The molecule has 0 aromatic carbocycles. The highest BCUT2D eigenvalue weighted by atomic mass is 15.1. The van der Waals surface area contributed by atoms with Crippen LogP contribution in [0, 0.1) is 11.3 Å². The van der Waals surface area contributed by atoms with Crippen molar-refractivity contribution >= 4 is 0 Å². The van der Waals surface area contributed by atoms with Gasteiger partial charge in [-0.1, -0.05) is 27.7 Å². The van der Waals surface area contributed by atoms with E-state index >= 15 is 0 Å². The highest BCUT2D eigenvalue weighted by molar-refractivity contribution is 4.80. The molecule has 102 valence electrons. The van der Waals surface area contributed by atoms with Crippen LogP contribution in [0.15, 0.2) is 0 Å². The lowest BCUT2D eigenvalue weighted by Gasteiger charge is -2.25. The molecule has 0 saturated heterocycles. The molecule has 0 heterocycles. The van der Waals surface area contributed by atoms with Gasteiger partial charge in [0, 0.05) is 19.1 Å². The molecule has 0 spiro atoms. The zero-order valence-electron chi connectivity index (χ0n) is 12.6. The molecule has 2 heteroatoms. The maximum absolute atomic E-state index is 3.57. The molecule has 0 radical (unpaired) electrons. The largest absolute Gasteiger partial charge is 0.313 e. The van der Waals surface area contributed by atoms with Gasteiger partial charge in [0.1, 0.15) is 0 Å². The number of nitrogens with one attached hydrogen (secondary N) is 1. The molecule has 2 nitrogen and oxygen atoms in total. The van der Waals surface area contributed by atoms with E-state index in [9.17, 15) is 0 Å². The Morgan fingerprint density at radius 3 is 2.41 bits per heavy atom. The van der Waals surface area contributed by atoms with Crippen LogP contribution in [-0.2, 0) is 0 Å². The highest BCUT2D eigenvalue weighted by Gasteiger charge is 2.20. The van der Waals surface area contributed by atoms with Gasteiger partial charge in [-0.3, -0.25) is 0 Å². The monoisotopic (exact) mass is 240 g/mol. The van der Waals surface area contributed by atoms with Gasteiger partial charge in [0.05, 0.1) is 0 Å². The Hall–Kier alpha value is -0.0800. The van der Waals surface area contributed by atoms with Gasteiger partial charge in [-0.15, -0.1) is 0 Å². The van der Waals surface area contributed by atoms with Crippen LogP contribution in [0.2, 0.25) is 0 Å². The van der Waals surface area contributed by atoms with E-state index in [-0.39, 0.29) is 0 Å². The smallest absolute Gasteiger partial charge is 0.0104 e. The van der Waals surface area contributed by atoms with Gasteiger partial charge in [0.15, 0.2) is 0 Å². The lowest BCUT2D eigenvalue weighted by molar-refractivity contribution is 0.255. The molecule has 1 N–H and O–H groups in total. The summed E-state index contributed by atoms with van der Waals surface area (Å²) < 4.78 is 0. The van der Waals surface area contributed by atoms with Crippen LogP contribution in [0.4, 0.5) is 0 Å². The summed E-state index contributed by atoms with van der Waals surface area (Å²) in [5.41, 5.74) is 0.478. The first-order chi connectivity index (χ1) is 7.87. The molecule has 0 aliphatic heterocycles. The van der Waals surface area contributed by atoms with Crippen LogP contribution >= 0.6 is 0 Å². The third kappa shape index (κ3) is 8.62. The van der Waals surface area contributed by atoms with Gasteiger partial charge in [0.2, 0.25) is 0 Å². The van der Waals surface area contributed by atoms with Crippen LogP contribution in [-0.4, -0.2) is 37.6 Å². The molecule has 0 bridgehead atoms. The Morgan fingerprint density at radius 2 is 1.88 bits per heavy atom. The number of hydrogen-bond acceptors (Lipinski definition) is 2. The lowest BCUT2D eigenvalue weighted by Crippen LogP contribution is -2.31. The zero-order chi connectivity index (χ0) is 12.9. The standard InChI is InChI=1S/C15H32N2/c1-13(12-15(2,3)4)8-10-17(5)11-9-16-14-6-7-14/h13-14,16H,6-12H2,1-5H3. The van der Waals surface area contributed by atoms with Gasteiger partial charge in [0.25, 0.3) is 0 Å². The third-order valence-corrected chi connectivity index (χ3v) is 3.47. The highest BCUT2D eigenvalue weighted by Crippen LogP contribution is 2.25. The minimum Gasteiger partial charge on any atom is -0.313 e. The SMILES string of the molecule is CC(CCN(C)CCNC1CC1)CC(C)(C)C. The fourth-order valence-corrected chi connectivity index (χ4v) is 2.45. The van der Waals surface area contributed by atoms with E-state index in [1.807, 2.05) is 0 Å². The minimum absolute atomic E-state index is 0.478. The quantitative estimate of drug-likeness (QED) is 0.701. The van der Waals surface area contributed by atoms with Crippen LogP contribution in [0.5, 0.6) is 0 Å². The third-order valence-electron chi connectivity index (χ3n) is 3.47. The van der Waals surface area contributed by atoms with Gasteiger partial charge in [-0.05, 0) is 50.6 Å². The minimum atomic E-state index is 0.478. The lowest BCUT2D eigenvalue weighted by atomic mass is 9.84. The van der Waals surface area contributed by atoms with Crippen LogP contribution in [0.25, 0.3) is 0 Å². The van der Waals surface area contributed by atoms with E-state index in [1.54, 1.807) is 0 Å². The van der Waals surface area contributed by atoms with Crippen LogP contribution in [0.1, 0.15) is 53.4 Å². The van der Waals surface area contributed by atoms with Crippen molar-refractivity contribution in [2.75, 3.05) is 26.7 Å². The first-order valence-electron chi connectivity index (χ1n) is 7.29. The first kappa shape index (κ1) is 15.0. The predicted molar refractivity (Wildman–Crippen MR) is 76.4 cm³/mol. The molecule has 1 rings (SSSR count). The Kier molecular flexibility index (Phi) is 5.94. The molecule has 1 saturated carbocycles. The normalized spacial score (nSPS) is 18.7. The summed E-state index contributed by atoms with van der Waals surface area (Å²) in [5, 5.41) is 3.57. The first-order valence-corrected chi connectivity index (χ1v) is 7.29. The average molecular weight is 240 g/mol. The van der Waals surface area contributed by atoms with E-state index in [2.05, 4.69) is 45.0 Å². The average Bonchev–Trinajstić information content (AvgIpc) is 2.96. The molecule has 17 heavy (non-hydrogen) atoms. The summed E-state index contributed by atoms with van der Waals surface area (Å²) in [6, 6.07) is 0.850. The fourth-order valence-electron chi connectivity index (χ4n) is 2.45. The Labute approximate surface area is 108 Å². The molecule has 1 atom stereocenters. The van der Waals surface area contributed by atoms with Crippen molar-refractivity contribution in [3.8, 4) is 0 Å². The summed E-state index contributed by atoms with van der Waals surface area (Å²) >= 11 is 0. The number of likely N-dealkylation sites (N-methyl/N-ethyl adjacent to an activating group) is 1. The predicted octanol–water partition coefficient (Wildman–Crippen LogP) is 3.13. The van der Waals surface area contributed by atoms with E-state index < -0.39 is 0 Å². The molecule has 0 amide bonds. The molecular formula is C15H32N2.